The van der Waals surface area contributed by atoms with Gasteiger partial charge in [-0.15, -0.1) is 0 Å². The largest absolute Gasteiger partial charge is 0.381 e. The van der Waals surface area contributed by atoms with Gasteiger partial charge in [0.15, 0.2) is 0 Å². The predicted octanol–water partition coefficient (Wildman–Crippen LogP) is 3.17. The SMILES string of the molecule is CC.CC.CN1CCC2(CCOC2)CC1. The fourth-order valence-electron chi connectivity index (χ4n) is 2.14. The minimum atomic E-state index is 0.590. The van der Waals surface area contributed by atoms with Crippen molar-refractivity contribution in [3.8, 4) is 0 Å². The number of nitrogens with zero attached hydrogens (tertiary/aromatic N) is 1. The number of piperidine rings is 1. The van der Waals surface area contributed by atoms with E-state index in [0.29, 0.717) is 5.41 Å². The first kappa shape index (κ1) is 14.9. The van der Waals surface area contributed by atoms with Gasteiger partial charge in [-0.1, -0.05) is 27.7 Å². The van der Waals surface area contributed by atoms with Crippen molar-refractivity contribution in [2.45, 2.75) is 47.0 Å². The van der Waals surface area contributed by atoms with Crippen LogP contribution in [0, 0.1) is 5.41 Å². The summed E-state index contributed by atoms with van der Waals surface area (Å²) in [6.07, 6.45) is 4.01. The molecule has 0 aliphatic carbocycles. The highest BCUT2D eigenvalue weighted by Crippen LogP contribution is 2.38. The van der Waals surface area contributed by atoms with Gasteiger partial charge in [0.2, 0.25) is 0 Å². The first-order chi connectivity index (χ1) is 7.31. The van der Waals surface area contributed by atoms with Gasteiger partial charge in [-0.2, -0.15) is 0 Å². The second kappa shape index (κ2) is 8.12. The summed E-state index contributed by atoms with van der Waals surface area (Å²) in [5.74, 6) is 0. The molecule has 0 amide bonds. The van der Waals surface area contributed by atoms with Crippen LogP contribution in [0.1, 0.15) is 47.0 Å². The first-order valence-electron chi connectivity index (χ1n) is 6.57. The van der Waals surface area contributed by atoms with Crippen molar-refractivity contribution >= 4 is 0 Å². The molecule has 0 radical (unpaired) electrons. The molecular weight excluding hydrogens is 186 g/mol. The van der Waals surface area contributed by atoms with Gasteiger partial charge in [-0.05, 0) is 44.8 Å². The Morgan fingerprint density at radius 2 is 1.47 bits per heavy atom. The van der Waals surface area contributed by atoms with E-state index in [1.807, 2.05) is 27.7 Å². The zero-order valence-corrected chi connectivity index (χ0v) is 11.3. The summed E-state index contributed by atoms with van der Waals surface area (Å²) in [7, 11) is 2.21. The van der Waals surface area contributed by atoms with E-state index in [9.17, 15) is 0 Å². The number of hydrogen-bond acceptors (Lipinski definition) is 2. The van der Waals surface area contributed by atoms with E-state index in [1.54, 1.807) is 0 Å². The molecule has 1 spiro atoms. The van der Waals surface area contributed by atoms with Crippen LogP contribution in [0.4, 0.5) is 0 Å². The molecule has 0 aromatic carbocycles. The molecule has 2 fully saturated rings. The van der Waals surface area contributed by atoms with Crippen molar-refractivity contribution in [2.75, 3.05) is 33.4 Å². The summed E-state index contributed by atoms with van der Waals surface area (Å²) in [5.41, 5.74) is 0.590. The zero-order chi connectivity index (χ0) is 11.7. The van der Waals surface area contributed by atoms with E-state index in [-0.39, 0.29) is 0 Å². The molecule has 0 aromatic rings. The highest BCUT2D eigenvalue weighted by atomic mass is 16.5. The van der Waals surface area contributed by atoms with Gasteiger partial charge < -0.3 is 9.64 Å². The fraction of sp³-hybridized carbons (Fsp3) is 1.00. The van der Waals surface area contributed by atoms with Crippen molar-refractivity contribution in [1.82, 2.24) is 4.90 Å². The topological polar surface area (TPSA) is 12.5 Å². The quantitative estimate of drug-likeness (QED) is 0.615. The van der Waals surface area contributed by atoms with Gasteiger partial charge in [0, 0.05) is 6.61 Å². The van der Waals surface area contributed by atoms with Crippen LogP contribution in [0.2, 0.25) is 0 Å². The second-order valence-corrected chi connectivity index (χ2v) is 4.11. The Hall–Kier alpha value is -0.0800. The van der Waals surface area contributed by atoms with E-state index in [0.717, 1.165) is 13.2 Å². The van der Waals surface area contributed by atoms with Gasteiger partial charge in [0.1, 0.15) is 0 Å². The van der Waals surface area contributed by atoms with Gasteiger partial charge >= 0.3 is 0 Å². The number of likely N-dealkylation sites (tertiary alicyclic amines) is 1. The molecule has 2 heterocycles. The lowest BCUT2D eigenvalue weighted by Gasteiger charge is -2.36. The maximum absolute atomic E-state index is 5.45. The van der Waals surface area contributed by atoms with E-state index < -0.39 is 0 Å². The third-order valence-corrected chi connectivity index (χ3v) is 3.23. The minimum absolute atomic E-state index is 0.590. The summed E-state index contributed by atoms with van der Waals surface area (Å²) in [6, 6.07) is 0. The van der Waals surface area contributed by atoms with Crippen molar-refractivity contribution in [3.63, 3.8) is 0 Å². The first-order valence-corrected chi connectivity index (χ1v) is 6.57. The minimum Gasteiger partial charge on any atom is -0.381 e. The number of rotatable bonds is 0. The Labute approximate surface area is 96.0 Å². The lowest BCUT2D eigenvalue weighted by atomic mass is 9.78. The molecule has 2 aliphatic rings. The van der Waals surface area contributed by atoms with Crippen molar-refractivity contribution in [2.24, 2.45) is 5.41 Å². The van der Waals surface area contributed by atoms with Crippen LogP contribution in [0.3, 0.4) is 0 Å². The molecule has 0 atom stereocenters. The Kier molecular flexibility index (Phi) is 8.07. The maximum Gasteiger partial charge on any atom is 0.0524 e. The smallest absolute Gasteiger partial charge is 0.0524 e. The monoisotopic (exact) mass is 215 g/mol. The third kappa shape index (κ3) is 4.52. The molecule has 15 heavy (non-hydrogen) atoms. The van der Waals surface area contributed by atoms with Gasteiger partial charge in [-0.3, -0.25) is 0 Å². The molecule has 2 nitrogen and oxygen atoms in total. The molecule has 2 heteroatoms. The second-order valence-electron chi connectivity index (χ2n) is 4.11. The van der Waals surface area contributed by atoms with Gasteiger partial charge in [-0.25, -0.2) is 0 Å². The zero-order valence-electron chi connectivity index (χ0n) is 11.3. The highest BCUT2D eigenvalue weighted by Gasteiger charge is 2.36. The van der Waals surface area contributed by atoms with Crippen molar-refractivity contribution < 1.29 is 4.74 Å². The summed E-state index contributed by atoms with van der Waals surface area (Å²) >= 11 is 0. The predicted molar refractivity (Wildman–Crippen MR) is 67.3 cm³/mol. The normalized spacial score (nSPS) is 23.8. The molecule has 2 aliphatic heterocycles. The average molecular weight is 215 g/mol. The van der Waals surface area contributed by atoms with E-state index in [2.05, 4.69) is 11.9 Å². The molecular formula is C13H29NO. The Morgan fingerprint density at radius 1 is 0.933 bits per heavy atom. The summed E-state index contributed by atoms with van der Waals surface area (Å²) in [4.78, 5) is 2.42. The molecule has 0 unspecified atom stereocenters. The van der Waals surface area contributed by atoms with E-state index in [4.69, 9.17) is 4.74 Å². The summed E-state index contributed by atoms with van der Waals surface area (Å²) < 4.78 is 5.45. The molecule has 0 saturated carbocycles. The Bertz CT molecular complexity index is 131. The summed E-state index contributed by atoms with van der Waals surface area (Å²) in [6.45, 7) is 12.6. The molecule has 2 rings (SSSR count). The Balaban J connectivity index is 0.000000442. The highest BCUT2D eigenvalue weighted by molar-refractivity contribution is 4.87. The third-order valence-electron chi connectivity index (χ3n) is 3.23. The Morgan fingerprint density at radius 3 is 1.87 bits per heavy atom. The van der Waals surface area contributed by atoms with Crippen molar-refractivity contribution in [3.05, 3.63) is 0 Å². The van der Waals surface area contributed by atoms with E-state index in [1.165, 1.54) is 32.4 Å². The lowest BCUT2D eigenvalue weighted by Crippen LogP contribution is -2.38. The van der Waals surface area contributed by atoms with Crippen LogP contribution in [0.25, 0.3) is 0 Å². The van der Waals surface area contributed by atoms with Gasteiger partial charge in [0.25, 0.3) is 0 Å². The van der Waals surface area contributed by atoms with Crippen LogP contribution in [0.15, 0.2) is 0 Å². The van der Waals surface area contributed by atoms with E-state index >= 15 is 0 Å². The molecule has 0 aromatic heterocycles. The standard InChI is InChI=1S/C9H17NO.2C2H6/c1-10-5-2-9(3-6-10)4-7-11-8-9;2*1-2/h2-8H2,1H3;2*1-2H3. The maximum atomic E-state index is 5.45. The van der Waals surface area contributed by atoms with Crippen LogP contribution in [-0.4, -0.2) is 38.3 Å². The van der Waals surface area contributed by atoms with Crippen LogP contribution >= 0.6 is 0 Å². The fourth-order valence-corrected chi connectivity index (χ4v) is 2.14. The molecule has 92 valence electrons. The summed E-state index contributed by atoms with van der Waals surface area (Å²) in [5, 5.41) is 0. The lowest BCUT2D eigenvalue weighted by molar-refractivity contribution is 0.0921. The number of ether oxygens (including phenoxy) is 1. The number of hydrogen-bond donors (Lipinski definition) is 0. The van der Waals surface area contributed by atoms with Crippen LogP contribution in [0.5, 0.6) is 0 Å². The average Bonchev–Trinajstić information content (AvgIpc) is 2.77. The van der Waals surface area contributed by atoms with Crippen LogP contribution < -0.4 is 0 Å². The molecule has 2 saturated heterocycles. The van der Waals surface area contributed by atoms with Gasteiger partial charge in [0.05, 0.1) is 6.61 Å². The van der Waals surface area contributed by atoms with Crippen LogP contribution in [-0.2, 0) is 4.74 Å². The molecule has 0 bridgehead atoms. The van der Waals surface area contributed by atoms with Crippen molar-refractivity contribution in [1.29, 1.82) is 0 Å². The molecule has 0 N–H and O–H groups in total.